The summed E-state index contributed by atoms with van der Waals surface area (Å²) in [6.07, 6.45) is 0.312. The van der Waals surface area contributed by atoms with Crippen molar-refractivity contribution < 1.29 is 23.1 Å². The third kappa shape index (κ3) is 2.13. The standard InChI is InChI=1S/C12H16FNO4/c1-16-12(17-2)5-6-14(8-10(12)13)11(15)9-4-3-7-18-9/h3-4,7,10H,5-6,8H2,1-2H3. The Morgan fingerprint density at radius 3 is 2.78 bits per heavy atom. The number of amides is 1. The van der Waals surface area contributed by atoms with E-state index >= 15 is 0 Å². The molecule has 1 aromatic rings. The highest BCUT2D eigenvalue weighted by Crippen LogP contribution is 2.29. The average Bonchev–Trinajstić information content (AvgIpc) is 2.92. The van der Waals surface area contributed by atoms with E-state index in [1.54, 1.807) is 12.1 Å². The van der Waals surface area contributed by atoms with Crippen LogP contribution in [0.1, 0.15) is 17.0 Å². The number of furan rings is 1. The first kappa shape index (κ1) is 13.0. The van der Waals surface area contributed by atoms with Crippen LogP contribution in [0.3, 0.4) is 0 Å². The van der Waals surface area contributed by atoms with E-state index in [1.165, 1.54) is 25.4 Å². The van der Waals surface area contributed by atoms with Gasteiger partial charge >= 0.3 is 0 Å². The van der Waals surface area contributed by atoms with Gasteiger partial charge in [0.25, 0.3) is 5.91 Å². The summed E-state index contributed by atoms with van der Waals surface area (Å²) in [6, 6.07) is 3.18. The van der Waals surface area contributed by atoms with Crippen molar-refractivity contribution in [2.45, 2.75) is 18.4 Å². The molecule has 0 N–H and O–H groups in total. The van der Waals surface area contributed by atoms with E-state index in [9.17, 15) is 9.18 Å². The van der Waals surface area contributed by atoms with Crippen LogP contribution in [0, 0.1) is 0 Å². The number of hydrogen-bond donors (Lipinski definition) is 0. The van der Waals surface area contributed by atoms with Gasteiger partial charge < -0.3 is 18.8 Å². The number of piperidine rings is 1. The van der Waals surface area contributed by atoms with E-state index in [1.807, 2.05) is 0 Å². The molecule has 0 aliphatic carbocycles. The fourth-order valence-electron chi connectivity index (χ4n) is 2.16. The molecule has 1 aliphatic heterocycles. The summed E-state index contributed by atoms with van der Waals surface area (Å²) >= 11 is 0. The zero-order chi connectivity index (χ0) is 13.2. The van der Waals surface area contributed by atoms with Crippen molar-refractivity contribution in [1.82, 2.24) is 4.90 Å². The number of hydrogen-bond acceptors (Lipinski definition) is 4. The van der Waals surface area contributed by atoms with E-state index in [-0.39, 0.29) is 24.6 Å². The highest BCUT2D eigenvalue weighted by Gasteiger charge is 2.45. The number of rotatable bonds is 3. The molecule has 5 nitrogen and oxygen atoms in total. The van der Waals surface area contributed by atoms with Crippen LogP contribution in [0.2, 0.25) is 0 Å². The second-order valence-corrected chi connectivity index (χ2v) is 4.17. The molecule has 1 fully saturated rings. The Kier molecular flexibility index (Phi) is 3.68. The Balaban J connectivity index is 2.06. The van der Waals surface area contributed by atoms with Gasteiger partial charge in [0.05, 0.1) is 12.8 Å². The number of ether oxygens (including phenoxy) is 2. The van der Waals surface area contributed by atoms with Gasteiger partial charge in [-0.05, 0) is 12.1 Å². The zero-order valence-electron chi connectivity index (χ0n) is 10.4. The van der Waals surface area contributed by atoms with E-state index in [2.05, 4.69) is 0 Å². The van der Waals surface area contributed by atoms with Gasteiger partial charge in [-0.15, -0.1) is 0 Å². The van der Waals surface area contributed by atoms with Crippen LogP contribution < -0.4 is 0 Å². The minimum absolute atomic E-state index is 0.0682. The monoisotopic (exact) mass is 257 g/mol. The van der Waals surface area contributed by atoms with Gasteiger partial charge in [0, 0.05) is 27.2 Å². The molecule has 1 amide bonds. The molecule has 0 spiro atoms. The second kappa shape index (κ2) is 5.07. The fraction of sp³-hybridized carbons (Fsp3) is 0.583. The molecule has 18 heavy (non-hydrogen) atoms. The van der Waals surface area contributed by atoms with Gasteiger partial charge in [0.1, 0.15) is 0 Å². The quantitative estimate of drug-likeness (QED) is 0.769. The molecule has 0 bridgehead atoms. The molecule has 6 heteroatoms. The topological polar surface area (TPSA) is 51.9 Å². The number of alkyl halides is 1. The van der Waals surface area contributed by atoms with Crippen LogP contribution >= 0.6 is 0 Å². The molecular formula is C12H16FNO4. The lowest BCUT2D eigenvalue weighted by molar-refractivity contribution is -0.259. The van der Waals surface area contributed by atoms with Crippen molar-refractivity contribution in [3.63, 3.8) is 0 Å². The molecule has 1 saturated heterocycles. The van der Waals surface area contributed by atoms with Crippen LogP contribution in [0.4, 0.5) is 4.39 Å². The summed E-state index contributed by atoms with van der Waals surface area (Å²) in [4.78, 5) is 13.4. The van der Waals surface area contributed by atoms with Crippen LogP contribution in [0.25, 0.3) is 0 Å². The predicted octanol–water partition coefficient (Wildman–Crippen LogP) is 1.45. The molecule has 1 atom stereocenters. The second-order valence-electron chi connectivity index (χ2n) is 4.17. The Hall–Kier alpha value is -1.40. The van der Waals surface area contributed by atoms with E-state index in [4.69, 9.17) is 13.9 Å². The Bertz CT molecular complexity index is 402. The molecule has 2 rings (SSSR count). The SMILES string of the molecule is COC1(OC)CCN(C(=O)c2ccco2)CC1F. The summed E-state index contributed by atoms with van der Waals surface area (Å²) in [6.45, 7) is 0.294. The van der Waals surface area contributed by atoms with Crippen LogP contribution in [0.5, 0.6) is 0 Å². The number of carbonyl (C=O) groups excluding carboxylic acids is 1. The highest BCUT2D eigenvalue weighted by atomic mass is 19.1. The molecule has 100 valence electrons. The molecule has 1 unspecified atom stereocenters. The molecular weight excluding hydrogens is 241 g/mol. The molecule has 0 aromatic carbocycles. The molecule has 0 radical (unpaired) electrons. The van der Waals surface area contributed by atoms with E-state index in [0.29, 0.717) is 6.54 Å². The van der Waals surface area contributed by atoms with Crippen molar-refractivity contribution >= 4 is 5.91 Å². The Morgan fingerprint density at radius 2 is 2.28 bits per heavy atom. The smallest absolute Gasteiger partial charge is 0.289 e. The van der Waals surface area contributed by atoms with Crippen molar-refractivity contribution in [3.8, 4) is 0 Å². The summed E-state index contributed by atoms with van der Waals surface area (Å²) in [7, 11) is 2.81. The normalized spacial score (nSPS) is 23.1. The van der Waals surface area contributed by atoms with Crippen LogP contribution in [-0.4, -0.2) is 50.1 Å². The molecule has 0 saturated carbocycles. The summed E-state index contributed by atoms with van der Waals surface area (Å²) in [5.41, 5.74) is 0. The first-order chi connectivity index (χ1) is 8.63. The van der Waals surface area contributed by atoms with E-state index < -0.39 is 12.0 Å². The van der Waals surface area contributed by atoms with Crippen molar-refractivity contribution in [3.05, 3.63) is 24.2 Å². The molecule has 2 heterocycles. The average molecular weight is 257 g/mol. The largest absolute Gasteiger partial charge is 0.459 e. The number of methoxy groups -OCH3 is 2. The summed E-state index contributed by atoms with van der Waals surface area (Å²) in [5.74, 6) is -1.35. The minimum atomic E-state index is -1.39. The molecule has 1 aromatic heterocycles. The maximum atomic E-state index is 14.1. The summed E-state index contributed by atoms with van der Waals surface area (Å²) in [5, 5.41) is 0. The summed E-state index contributed by atoms with van der Waals surface area (Å²) < 4.78 is 29.3. The number of halogens is 1. The van der Waals surface area contributed by atoms with Gasteiger partial charge in [-0.2, -0.15) is 0 Å². The van der Waals surface area contributed by atoms with Crippen molar-refractivity contribution in [1.29, 1.82) is 0 Å². The maximum Gasteiger partial charge on any atom is 0.289 e. The maximum absolute atomic E-state index is 14.1. The first-order valence-corrected chi connectivity index (χ1v) is 5.70. The minimum Gasteiger partial charge on any atom is -0.459 e. The lowest BCUT2D eigenvalue weighted by atomic mass is 10.0. The van der Waals surface area contributed by atoms with Crippen molar-refractivity contribution in [2.24, 2.45) is 0 Å². The third-order valence-corrected chi connectivity index (χ3v) is 3.30. The van der Waals surface area contributed by atoms with Crippen LogP contribution in [-0.2, 0) is 9.47 Å². The number of nitrogens with zero attached hydrogens (tertiary/aromatic N) is 1. The lowest BCUT2D eigenvalue weighted by Crippen LogP contribution is -2.56. The predicted molar refractivity (Wildman–Crippen MR) is 60.9 cm³/mol. The van der Waals surface area contributed by atoms with Gasteiger partial charge in [0.15, 0.2) is 11.9 Å². The van der Waals surface area contributed by atoms with Crippen molar-refractivity contribution in [2.75, 3.05) is 27.3 Å². The van der Waals surface area contributed by atoms with Gasteiger partial charge in [0.2, 0.25) is 5.79 Å². The third-order valence-electron chi connectivity index (χ3n) is 3.30. The Labute approximate surface area is 104 Å². The lowest BCUT2D eigenvalue weighted by Gasteiger charge is -2.41. The fourth-order valence-corrected chi connectivity index (χ4v) is 2.16. The van der Waals surface area contributed by atoms with Gasteiger partial charge in [-0.1, -0.05) is 0 Å². The highest BCUT2D eigenvalue weighted by molar-refractivity contribution is 5.91. The van der Waals surface area contributed by atoms with Crippen LogP contribution in [0.15, 0.2) is 22.8 Å². The first-order valence-electron chi connectivity index (χ1n) is 5.70. The zero-order valence-corrected chi connectivity index (χ0v) is 10.4. The number of carbonyl (C=O) groups is 1. The molecule has 1 aliphatic rings. The Morgan fingerprint density at radius 1 is 1.56 bits per heavy atom. The van der Waals surface area contributed by atoms with Gasteiger partial charge in [-0.25, -0.2) is 4.39 Å². The number of likely N-dealkylation sites (tertiary alicyclic amines) is 1. The van der Waals surface area contributed by atoms with E-state index in [0.717, 1.165) is 0 Å². The van der Waals surface area contributed by atoms with Gasteiger partial charge in [-0.3, -0.25) is 4.79 Å².